The second-order valence-corrected chi connectivity index (χ2v) is 4.13. The number of H-pyrrole nitrogens is 1. The van der Waals surface area contributed by atoms with Crippen molar-refractivity contribution < 1.29 is 8.78 Å². The molecular formula is C13H12F2N2O2. The normalized spacial score (nSPS) is 10.7. The van der Waals surface area contributed by atoms with E-state index < -0.39 is 22.9 Å². The molecular weight excluding hydrogens is 254 g/mol. The minimum absolute atomic E-state index is 0.0608. The highest BCUT2D eigenvalue weighted by atomic mass is 19.1. The molecule has 0 fully saturated rings. The molecule has 0 saturated carbocycles. The van der Waals surface area contributed by atoms with E-state index in [1.165, 1.54) is 16.8 Å². The van der Waals surface area contributed by atoms with Crippen LogP contribution in [-0.2, 0) is 13.0 Å². The Labute approximate surface area is 107 Å². The lowest BCUT2D eigenvalue weighted by atomic mass is 10.2. The van der Waals surface area contributed by atoms with E-state index in [-0.39, 0.29) is 12.1 Å². The third-order valence-corrected chi connectivity index (χ3v) is 2.82. The Morgan fingerprint density at radius 1 is 1.21 bits per heavy atom. The highest BCUT2D eigenvalue weighted by Gasteiger charge is 2.08. The van der Waals surface area contributed by atoms with E-state index in [4.69, 9.17) is 0 Å². The van der Waals surface area contributed by atoms with Crippen molar-refractivity contribution in [1.29, 1.82) is 0 Å². The minimum atomic E-state index is -0.726. The molecule has 0 radical (unpaired) electrons. The van der Waals surface area contributed by atoms with Crippen LogP contribution in [0, 0.1) is 11.6 Å². The predicted molar refractivity (Wildman–Crippen MR) is 66.2 cm³/mol. The maximum atomic E-state index is 13.5. The number of aromatic nitrogens is 2. The molecule has 0 amide bonds. The van der Waals surface area contributed by atoms with Crippen LogP contribution in [0.5, 0.6) is 0 Å². The maximum absolute atomic E-state index is 13.5. The number of halogens is 2. The topological polar surface area (TPSA) is 54.9 Å². The Morgan fingerprint density at radius 3 is 2.58 bits per heavy atom. The van der Waals surface area contributed by atoms with Crippen molar-refractivity contribution in [1.82, 2.24) is 9.55 Å². The van der Waals surface area contributed by atoms with Gasteiger partial charge in [0.2, 0.25) is 0 Å². The van der Waals surface area contributed by atoms with E-state index in [9.17, 15) is 18.4 Å². The molecule has 19 heavy (non-hydrogen) atoms. The molecule has 1 aromatic heterocycles. The molecule has 0 unspecified atom stereocenters. The van der Waals surface area contributed by atoms with Crippen LogP contribution in [-0.4, -0.2) is 9.55 Å². The highest BCUT2D eigenvalue weighted by Crippen LogP contribution is 2.10. The fourth-order valence-corrected chi connectivity index (χ4v) is 1.76. The van der Waals surface area contributed by atoms with Gasteiger partial charge in [-0.15, -0.1) is 0 Å². The zero-order valence-electron chi connectivity index (χ0n) is 10.2. The van der Waals surface area contributed by atoms with Gasteiger partial charge in [0, 0.05) is 23.4 Å². The molecule has 0 bridgehead atoms. The lowest BCUT2D eigenvalue weighted by Gasteiger charge is -2.07. The summed E-state index contributed by atoms with van der Waals surface area (Å²) in [6.07, 6.45) is 1.85. The molecule has 6 heteroatoms. The average molecular weight is 266 g/mol. The quantitative estimate of drug-likeness (QED) is 0.913. The first-order valence-electron chi connectivity index (χ1n) is 5.78. The van der Waals surface area contributed by atoms with Crippen LogP contribution in [0.1, 0.15) is 18.1 Å². The summed E-state index contributed by atoms with van der Waals surface area (Å²) in [5.74, 6) is -1.40. The van der Waals surface area contributed by atoms with Crippen molar-refractivity contribution in [2.45, 2.75) is 19.9 Å². The molecule has 2 aromatic rings. The molecule has 1 N–H and O–H groups in total. The summed E-state index contributed by atoms with van der Waals surface area (Å²) in [4.78, 5) is 25.2. The van der Waals surface area contributed by atoms with Crippen LogP contribution in [0.25, 0.3) is 0 Å². The summed E-state index contributed by atoms with van der Waals surface area (Å²) in [6, 6.07) is 3.15. The van der Waals surface area contributed by atoms with Crippen molar-refractivity contribution in [2.75, 3.05) is 0 Å². The van der Waals surface area contributed by atoms with Gasteiger partial charge in [-0.2, -0.15) is 0 Å². The van der Waals surface area contributed by atoms with Crippen molar-refractivity contribution in [3.63, 3.8) is 0 Å². The van der Waals surface area contributed by atoms with Crippen LogP contribution in [0.3, 0.4) is 0 Å². The molecule has 100 valence electrons. The number of nitrogens with zero attached hydrogens (tertiary/aromatic N) is 1. The summed E-state index contributed by atoms with van der Waals surface area (Å²) in [6.45, 7) is 1.71. The Hall–Kier alpha value is -2.24. The number of rotatable bonds is 3. The van der Waals surface area contributed by atoms with Gasteiger partial charge in [0.05, 0.1) is 6.54 Å². The number of benzene rings is 1. The minimum Gasteiger partial charge on any atom is -0.296 e. The van der Waals surface area contributed by atoms with Gasteiger partial charge in [-0.1, -0.05) is 13.0 Å². The molecule has 1 heterocycles. The van der Waals surface area contributed by atoms with Gasteiger partial charge < -0.3 is 0 Å². The summed E-state index contributed by atoms with van der Waals surface area (Å²) >= 11 is 0. The van der Waals surface area contributed by atoms with Gasteiger partial charge >= 0.3 is 5.69 Å². The number of aryl methyl sites for hydroxylation is 1. The van der Waals surface area contributed by atoms with Crippen molar-refractivity contribution >= 4 is 0 Å². The van der Waals surface area contributed by atoms with Crippen LogP contribution in [0.2, 0.25) is 0 Å². The fraction of sp³-hybridized carbons (Fsp3) is 0.231. The van der Waals surface area contributed by atoms with Crippen LogP contribution in [0.4, 0.5) is 8.78 Å². The first-order valence-corrected chi connectivity index (χ1v) is 5.78. The van der Waals surface area contributed by atoms with Gasteiger partial charge in [0.15, 0.2) is 0 Å². The third kappa shape index (κ3) is 2.78. The average Bonchev–Trinajstić information content (AvgIpc) is 2.35. The molecule has 2 rings (SSSR count). The summed E-state index contributed by atoms with van der Waals surface area (Å²) in [5.41, 5.74) is -0.450. The van der Waals surface area contributed by atoms with E-state index in [0.717, 1.165) is 12.1 Å². The van der Waals surface area contributed by atoms with E-state index in [0.29, 0.717) is 12.0 Å². The fourth-order valence-electron chi connectivity index (χ4n) is 1.76. The molecule has 0 aliphatic carbocycles. The second kappa shape index (κ2) is 5.17. The largest absolute Gasteiger partial charge is 0.328 e. The molecule has 4 nitrogen and oxygen atoms in total. The molecule has 0 atom stereocenters. The van der Waals surface area contributed by atoms with E-state index in [2.05, 4.69) is 4.98 Å². The number of hydrogen-bond acceptors (Lipinski definition) is 2. The summed E-state index contributed by atoms with van der Waals surface area (Å²) in [5, 5.41) is 0. The highest BCUT2D eigenvalue weighted by molar-refractivity contribution is 5.19. The zero-order chi connectivity index (χ0) is 14.0. The predicted octanol–water partition coefficient (Wildman–Crippen LogP) is 1.43. The van der Waals surface area contributed by atoms with Crippen molar-refractivity contribution in [2.24, 2.45) is 0 Å². The molecule has 0 spiro atoms. The standard InChI is InChI=1S/C13H12F2N2O2/c1-2-8-6-17(13(19)16-12(8)18)7-9-3-4-10(14)5-11(9)15/h3-6H,2,7H2,1H3,(H,16,18,19). The van der Waals surface area contributed by atoms with Gasteiger partial charge in [-0.05, 0) is 12.5 Å². The monoisotopic (exact) mass is 266 g/mol. The van der Waals surface area contributed by atoms with Gasteiger partial charge in [0.1, 0.15) is 11.6 Å². The van der Waals surface area contributed by atoms with Gasteiger partial charge in [-0.25, -0.2) is 13.6 Å². The Morgan fingerprint density at radius 2 is 1.95 bits per heavy atom. The Balaban J connectivity index is 2.43. The smallest absolute Gasteiger partial charge is 0.296 e. The number of nitrogens with one attached hydrogen (secondary N) is 1. The van der Waals surface area contributed by atoms with Crippen LogP contribution in [0.15, 0.2) is 34.0 Å². The Bertz CT molecular complexity index is 719. The molecule has 0 saturated heterocycles. The number of aromatic amines is 1. The first-order chi connectivity index (χ1) is 9.01. The van der Waals surface area contributed by atoms with E-state index in [1.54, 1.807) is 6.92 Å². The molecule has 0 aliphatic rings. The van der Waals surface area contributed by atoms with Crippen molar-refractivity contribution in [3.05, 3.63) is 68.0 Å². The second-order valence-electron chi connectivity index (χ2n) is 4.13. The summed E-state index contributed by atoms with van der Waals surface area (Å²) < 4.78 is 27.5. The van der Waals surface area contributed by atoms with Crippen molar-refractivity contribution in [3.8, 4) is 0 Å². The first kappa shape index (κ1) is 13.2. The Kier molecular flexibility index (Phi) is 3.59. The zero-order valence-corrected chi connectivity index (χ0v) is 10.2. The van der Waals surface area contributed by atoms with Crippen LogP contribution >= 0.6 is 0 Å². The summed E-state index contributed by atoms with van der Waals surface area (Å²) in [7, 11) is 0. The maximum Gasteiger partial charge on any atom is 0.328 e. The SMILES string of the molecule is CCc1cn(Cc2ccc(F)cc2F)c(=O)[nH]c1=O. The lowest BCUT2D eigenvalue weighted by Crippen LogP contribution is -2.32. The lowest BCUT2D eigenvalue weighted by molar-refractivity contribution is 0.562. The molecule has 0 aliphatic heterocycles. The van der Waals surface area contributed by atoms with Crippen LogP contribution < -0.4 is 11.2 Å². The van der Waals surface area contributed by atoms with Gasteiger partial charge in [0.25, 0.3) is 5.56 Å². The van der Waals surface area contributed by atoms with E-state index >= 15 is 0 Å². The third-order valence-electron chi connectivity index (χ3n) is 2.82. The van der Waals surface area contributed by atoms with Gasteiger partial charge in [-0.3, -0.25) is 14.3 Å². The number of hydrogen-bond donors (Lipinski definition) is 1. The molecule has 1 aromatic carbocycles. The van der Waals surface area contributed by atoms with E-state index in [1.807, 2.05) is 0 Å².